The van der Waals surface area contributed by atoms with Crippen LogP contribution in [0.4, 0.5) is 0 Å². The summed E-state index contributed by atoms with van der Waals surface area (Å²) >= 11 is 0. The summed E-state index contributed by atoms with van der Waals surface area (Å²) in [6.07, 6.45) is 13.3. The van der Waals surface area contributed by atoms with Gasteiger partial charge in [0.1, 0.15) is 0 Å². The van der Waals surface area contributed by atoms with Gasteiger partial charge in [-0.3, -0.25) is 0 Å². The standard InChI is InChI=1S/C16H30N2/c1-2-4-6-16(5-3-1)18-11-8-14(9-12-18)15-7-10-17-13-15/h14-17H,1-13H2. The Morgan fingerprint density at radius 2 is 1.44 bits per heavy atom. The summed E-state index contributed by atoms with van der Waals surface area (Å²) < 4.78 is 0. The second-order valence-electron chi connectivity index (χ2n) is 6.77. The van der Waals surface area contributed by atoms with E-state index in [1.54, 1.807) is 0 Å². The van der Waals surface area contributed by atoms with Crippen LogP contribution in [0.5, 0.6) is 0 Å². The molecule has 0 spiro atoms. The Morgan fingerprint density at radius 3 is 2.06 bits per heavy atom. The van der Waals surface area contributed by atoms with E-state index < -0.39 is 0 Å². The average Bonchev–Trinajstić information content (AvgIpc) is 2.82. The molecule has 2 aliphatic heterocycles. The first-order chi connectivity index (χ1) is 8.93. The van der Waals surface area contributed by atoms with Crippen molar-refractivity contribution in [2.75, 3.05) is 26.2 Å². The molecular formula is C16H30N2. The number of nitrogens with one attached hydrogen (secondary N) is 1. The Hall–Kier alpha value is -0.0800. The van der Waals surface area contributed by atoms with Crippen molar-refractivity contribution < 1.29 is 0 Å². The van der Waals surface area contributed by atoms with Gasteiger partial charge in [-0.1, -0.05) is 25.7 Å². The van der Waals surface area contributed by atoms with Gasteiger partial charge in [-0.15, -0.1) is 0 Å². The topological polar surface area (TPSA) is 15.3 Å². The van der Waals surface area contributed by atoms with Crippen molar-refractivity contribution >= 4 is 0 Å². The monoisotopic (exact) mass is 250 g/mol. The van der Waals surface area contributed by atoms with E-state index >= 15 is 0 Å². The maximum Gasteiger partial charge on any atom is 0.00952 e. The van der Waals surface area contributed by atoms with Crippen LogP contribution in [0.1, 0.15) is 57.8 Å². The van der Waals surface area contributed by atoms with Gasteiger partial charge in [-0.05, 0) is 70.1 Å². The molecule has 1 aliphatic carbocycles. The summed E-state index contributed by atoms with van der Waals surface area (Å²) in [5, 5.41) is 3.54. The molecule has 2 heterocycles. The van der Waals surface area contributed by atoms with Crippen LogP contribution in [-0.2, 0) is 0 Å². The maximum absolute atomic E-state index is 3.54. The molecular weight excluding hydrogens is 220 g/mol. The molecule has 104 valence electrons. The van der Waals surface area contributed by atoms with E-state index in [0.717, 1.165) is 17.9 Å². The fourth-order valence-electron chi connectivity index (χ4n) is 4.46. The number of piperidine rings is 1. The van der Waals surface area contributed by atoms with Gasteiger partial charge >= 0.3 is 0 Å². The summed E-state index contributed by atoms with van der Waals surface area (Å²) in [6, 6.07) is 0.940. The molecule has 0 amide bonds. The largest absolute Gasteiger partial charge is 0.316 e. The number of rotatable bonds is 2. The van der Waals surface area contributed by atoms with Crippen LogP contribution in [-0.4, -0.2) is 37.1 Å². The molecule has 3 fully saturated rings. The molecule has 0 aromatic carbocycles. The Bertz CT molecular complexity index is 231. The first kappa shape index (κ1) is 12.9. The van der Waals surface area contributed by atoms with Gasteiger partial charge in [0.05, 0.1) is 0 Å². The number of likely N-dealkylation sites (tertiary alicyclic amines) is 1. The summed E-state index contributed by atoms with van der Waals surface area (Å²) in [4.78, 5) is 2.84. The van der Waals surface area contributed by atoms with Crippen LogP contribution in [0.15, 0.2) is 0 Å². The fraction of sp³-hybridized carbons (Fsp3) is 1.00. The molecule has 0 aromatic rings. The molecule has 0 radical (unpaired) electrons. The van der Waals surface area contributed by atoms with E-state index in [9.17, 15) is 0 Å². The van der Waals surface area contributed by atoms with Gasteiger partial charge in [0.25, 0.3) is 0 Å². The van der Waals surface area contributed by atoms with Crippen LogP contribution in [0, 0.1) is 11.8 Å². The van der Waals surface area contributed by atoms with Crippen molar-refractivity contribution in [2.24, 2.45) is 11.8 Å². The third-order valence-electron chi connectivity index (χ3n) is 5.68. The predicted octanol–water partition coefficient (Wildman–Crippen LogP) is 3.03. The molecule has 0 bridgehead atoms. The van der Waals surface area contributed by atoms with Crippen LogP contribution in [0.25, 0.3) is 0 Å². The molecule has 0 aromatic heterocycles. The quantitative estimate of drug-likeness (QED) is 0.758. The second-order valence-corrected chi connectivity index (χ2v) is 6.77. The summed E-state index contributed by atoms with van der Waals surface area (Å²) in [7, 11) is 0. The summed E-state index contributed by atoms with van der Waals surface area (Å²) in [5.74, 6) is 2.03. The smallest absolute Gasteiger partial charge is 0.00952 e. The van der Waals surface area contributed by atoms with Gasteiger partial charge in [-0.25, -0.2) is 0 Å². The van der Waals surface area contributed by atoms with Gasteiger partial charge in [-0.2, -0.15) is 0 Å². The predicted molar refractivity (Wildman–Crippen MR) is 76.8 cm³/mol. The zero-order chi connectivity index (χ0) is 12.2. The molecule has 1 saturated carbocycles. The molecule has 1 unspecified atom stereocenters. The van der Waals surface area contributed by atoms with Crippen LogP contribution in [0.3, 0.4) is 0 Å². The Balaban J connectivity index is 1.46. The molecule has 2 nitrogen and oxygen atoms in total. The van der Waals surface area contributed by atoms with Gasteiger partial charge < -0.3 is 10.2 Å². The van der Waals surface area contributed by atoms with E-state index in [2.05, 4.69) is 10.2 Å². The van der Waals surface area contributed by atoms with E-state index in [0.29, 0.717) is 0 Å². The van der Waals surface area contributed by atoms with Crippen LogP contribution < -0.4 is 5.32 Å². The minimum absolute atomic E-state index is 0.940. The number of hydrogen-bond acceptors (Lipinski definition) is 2. The first-order valence-corrected chi connectivity index (χ1v) is 8.38. The lowest BCUT2D eigenvalue weighted by Gasteiger charge is -2.39. The van der Waals surface area contributed by atoms with Crippen molar-refractivity contribution in [3.05, 3.63) is 0 Å². The van der Waals surface area contributed by atoms with Crippen molar-refractivity contribution in [3.8, 4) is 0 Å². The van der Waals surface area contributed by atoms with Crippen molar-refractivity contribution in [2.45, 2.75) is 63.8 Å². The van der Waals surface area contributed by atoms with Gasteiger partial charge in [0, 0.05) is 6.04 Å². The second kappa shape index (κ2) is 6.38. The zero-order valence-corrected chi connectivity index (χ0v) is 11.9. The van der Waals surface area contributed by atoms with Gasteiger partial charge in [0.15, 0.2) is 0 Å². The summed E-state index contributed by atoms with van der Waals surface area (Å²) in [6.45, 7) is 5.36. The lowest BCUT2D eigenvalue weighted by molar-refractivity contribution is 0.102. The van der Waals surface area contributed by atoms with Crippen LogP contribution >= 0.6 is 0 Å². The van der Waals surface area contributed by atoms with Crippen molar-refractivity contribution in [3.63, 3.8) is 0 Å². The molecule has 3 rings (SSSR count). The minimum atomic E-state index is 0.940. The highest BCUT2D eigenvalue weighted by molar-refractivity contribution is 4.85. The Labute approximate surface area is 113 Å². The van der Waals surface area contributed by atoms with E-state index in [-0.39, 0.29) is 0 Å². The molecule has 1 N–H and O–H groups in total. The molecule has 2 saturated heterocycles. The third-order valence-corrected chi connectivity index (χ3v) is 5.68. The minimum Gasteiger partial charge on any atom is -0.316 e. The van der Waals surface area contributed by atoms with E-state index in [1.165, 1.54) is 84.0 Å². The fourth-order valence-corrected chi connectivity index (χ4v) is 4.46. The number of nitrogens with zero attached hydrogens (tertiary/aromatic N) is 1. The lowest BCUT2D eigenvalue weighted by Crippen LogP contribution is -2.42. The lowest BCUT2D eigenvalue weighted by atomic mass is 9.83. The Morgan fingerprint density at radius 1 is 0.722 bits per heavy atom. The third kappa shape index (κ3) is 3.08. The maximum atomic E-state index is 3.54. The Kier molecular flexibility index (Phi) is 4.58. The molecule has 18 heavy (non-hydrogen) atoms. The van der Waals surface area contributed by atoms with E-state index in [4.69, 9.17) is 0 Å². The number of hydrogen-bond donors (Lipinski definition) is 1. The van der Waals surface area contributed by atoms with Crippen molar-refractivity contribution in [1.29, 1.82) is 0 Å². The average molecular weight is 250 g/mol. The molecule has 2 heteroatoms. The van der Waals surface area contributed by atoms with Gasteiger partial charge in [0.2, 0.25) is 0 Å². The SMILES string of the molecule is C1CCCC(N2CCC(C3CCNC3)CC2)CC1. The normalized spacial score (nSPS) is 33.7. The van der Waals surface area contributed by atoms with E-state index in [1.807, 2.05) is 0 Å². The highest BCUT2D eigenvalue weighted by atomic mass is 15.2. The van der Waals surface area contributed by atoms with Crippen LogP contribution in [0.2, 0.25) is 0 Å². The highest BCUT2D eigenvalue weighted by Gasteiger charge is 2.30. The van der Waals surface area contributed by atoms with Crippen molar-refractivity contribution in [1.82, 2.24) is 10.2 Å². The summed E-state index contributed by atoms with van der Waals surface area (Å²) in [5.41, 5.74) is 0. The highest BCUT2D eigenvalue weighted by Crippen LogP contribution is 2.31. The first-order valence-electron chi connectivity index (χ1n) is 8.38. The molecule has 3 aliphatic rings. The molecule has 1 atom stereocenters. The zero-order valence-electron chi connectivity index (χ0n) is 11.9.